The molecule has 0 aromatic heterocycles. The zero-order chi connectivity index (χ0) is 16.2. The molecule has 2 aromatic rings. The summed E-state index contributed by atoms with van der Waals surface area (Å²) < 4.78 is 14.6. The summed E-state index contributed by atoms with van der Waals surface area (Å²) in [5.74, 6) is -0.269. The van der Waals surface area contributed by atoms with E-state index < -0.39 is 0 Å². The third-order valence-electron chi connectivity index (χ3n) is 4.65. The van der Waals surface area contributed by atoms with Crippen molar-refractivity contribution in [2.45, 2.75) is 19.4 Å². The van der Waals surface area contributed by atoms with Crippen LogP contribution in [0, 0.1) is 5.82 Å². The van der Waals surface area contributed by atoms with E-state index in [1.165, 1.54) is 0 Å². The average Bonchev–Trinajstić information content (AvgIpc) is 2.58. The van der Waals surface area contributed by atoms with E-state index in [1.54, 1.807) is 0 Å². The molecule has 3 nitrogen and oxygen atoms in total. The fourth-order valence-corrected chi connectivity index (χ4v) is 3.18. The molecule has 1 heterocycles. The smallest absolute Gasteiger partial charge is 0.149 e. The van der Waals surface area contributed by atoms with Crippen molar-refractivity contribution in [3.05, 3.63) is 53.8 Å². The summed E-state index contributed by atoms with van der Waals surface area (Å²) >= 11 is 0. The number of piperazine rings is 1. The van der Waals surface area contributed by atoms with Crippen LogP contribution in [0.2, 0.25) is 0 Å². The maximum atomic E-state index is 14.6. The summed E-state index contributed by atoms with van der Waals surface area (Å²) in [5.41, 5.74) is 8.72. The highest BCUT2D eigenvalue weighted by molar-refractivity contribution is 5.77. The number of benzene rings is 2. The first-order valence-corrected chi connectivity index (χ1v) is 8.24. The van der Waals surface area contributed by atoms with Gasteiger partial charge in [-0.2, -0.15) is 0 Å². The molecule has 1 unspecified atom stereocenters. The predicted octanol–water partition coefficient (Wildman–Crippen LogP) is 2.91. The maximum Gasteiger partial charge on any atom is 0.149 e. The molecule has 1 saturated heterocycles. The molecule has 0 radical (unpaired) electrons. The highest BCUT2D eigenvalue weighted by Gasteiger charge is 2.18. The molecule has 4 heteroatoms. The summed E-state index contributed by atoms with van der Waals surface area (Å²) in [4.78, 5) is 2.40. The van der Waals surface area contributed by atoms with Gasteiger partial charge in [-0.3, -0.25) is 4.90 Å². The Kier molecular flexibility index (Phi) is 4.94. The number of nitrogens with two attached hydrogens (primary N) is 1. The van der Waals surface area contributed by atoms with Crippen molar-refractivity contribution in [3.63, 3.8) is 0 Å². The Hall–Kier alpha value is -1.91. The maximum absolute atomic E-state index is 14.6. The second-order valence-corrected chi connectivity index (χ2v) is 6.21. The number of nitrogens with zero attached hydrogens (tertiary/aromatic N) is 1. The van der Waals surface area contributed by atoms with Crippen LogP contribution < -0.4 is 11.1 Å². The van der Waals surface area contributed by atoms with Crippen LogP contribution in [0.5, 0.6) is 0 Å². The van der Waals surface area contributed by atoms with Crippen LogP contribution in [0.3, 0.4) is 0 Å². The lowest BCUT2D eigenvalue weighted by atomic mass is 9.99. The van der Waals surface area contributed by atoms with E-state index >= 15 is 0 Å². The van der Waals surface area contributed by atoms with E-state index in [9.17, 15) is 4.39 Å². The molecule has 1 fully saturated rings. The molecule has 0 aliphatic carbocycles. The molecule has 1 aliphatic heterocycles. The van der Waals surface area contributed by atoms with Gasteiger partial charge in [0.25, 0.3) is 0 Å². The third kappa shape index (κ3) is 3.54. The van der Waals surface area contributed by atoms with Crippen molar-refractivity contribution in [1.29, 1.82) is 0 Å². The molecule has 23 heavy (non-hydrogen) atoms. The number of rotatable bonds is 4. The molecule has 3 rings (SSSR count). The van der Waals surface area contributed by atoms with E-state index in [-0.39, 0.29) is 11.5 Å². The van der Waals surface area contributed by atoms with Gasteiger partial charge in [0.2, 0.25) is 0 Å². The molecule has 3 N–H and O–H groups in total. The largest absolute Gasteiger partial charge is 0.396 e. The van der Waals surface area contributed by atoms with Gasteiger partial charge in [0.1, 0.15) is 5.82 Å². The zero-order valence-electron chi connectivity index (χ0n) is 13.6. The fraction of sp³-hybridized carbons (Fsp3) is 0.368. The number of nitrogens with one attached hydrogen (secondary N) is 1. The Morgan fingerprint density at radius 3 is 2.74 bits per heavy atom. The molecule has 1 atom stereocenters. The standard InChI is InChI=1S/C19H24FN3/c1-14-13-22-10-12-23(14)11-9-16-7-8-17(19(21)18(16)20)15-5-3-2-4-6-15/h2-8,14,22H,9-13,21H2,1H3. The van der Waals surface area contributed by atoms with Crippen LogP contribution in [0.4, 0.5) is 10.1 Å². The number of nitrogen functional groups attached to an aromatic ring is 1. The lowest BCUT2D eigenvalue weighted by Gasteiger charge is -2.33. The summed E-state index contributed by atoms with van der Waals surface area (Å²) in [6.45, 7) is 6.08. The van der Waals surface area contributed by atoms with Crippen LogP contribution in [0.15, 0.2) is 42.5 Å². The molecule has 1 aliphatic rings. The lowest BCUT2D eigenvalue weighted by molar-refractivity contribution is 0.175. The van der Waals surface area contributed by atoms with Crippen LogP contribution in [0.25, 0.3) is 11.1 Å². The van der Waals surface area contributed by atoms with Crippen molar-refractivity contribution in [2.24, 2.45) is 0 Å². The summed E-state index contributed by atoms with van der Waals surface area (Å²) in [6.07, 6.45) is 0.690. The van der Waals surface area contributed by atoms with Crippen LogP contribution in [0.1, 0.15) is 12.5 Å². The monoisotopic (exact) mass is 313 g/mol. The Labute approximate surface area is 137 Å². The zero-order valence-corrected chi connectivity index (χ0v) is 13.6. The Morgan fingerprint density at radius 2 is 2.00 bits per heavy atom. The van der Waals surface area contributed by atoms with Crippen molar-refractivity contribution < 1.29 is 4.39 Å². The highest BCUT2D eigenvalue weighted by atomic mass is 19.1. The number of halogens is 1. The Balaban J connectivity index is 1.75. The van der Waals surface area contributed by atoms with Gasteiger partial charge in [-0.1, -0.05) is 42.5 Å². The minimum absolute atomic E-state index is 0.252. The van der Waals surface area contributed by atoms with Gasteiger partial charge in [-0.05, 0) is 24.5 Å². The Bertz CT molecular complexity index is 657. The van der Waals surface area contributed by atoms with E-state index in [0.717, 1.165) is 37.3 Å². The first-order valence-electron chi connectivity index (χ1n) is 8.24. The normalized spacial score (nSPS) is 19.0. The number of hydrogen-bond acceptors (Lipinski definition) is 3. The van der Waals surface area contributed by atoms with E-state index in [2.05, 4.69) is 17.1 Å². The average molecular weight is 313 g/mol. The van der Waals surface area contributed by atoms with Crippen molar-refractivity contribution >= 4 is 5.69 Å². The summed E-state index contributed by atoms with van der Waals surface area (Å²) in [7, 11) is 0. The van der Waals surface area contributed by atoms with Gasteiger partial charge in [-0.15, -0.1) is 0 Å². The van der Waals surface area contributed by atoms with E-state index in [4.69, 9.17) is 5.73 Å². The van der Waals surface area contributed by atoms with Crippen LogP contribution in [-0.4, -0.2) is 37.1 Å². The number of anilines is 1. The molecular weight excluding hydrogens is 289 g/mol. The SMILES string of the molecule is CC1CNCCN1CCc1ccc(-c2ccccc2)c(N)c1F. The molecular formula is C19H24FN3. The molecule has 0 saturated carbocycles. The Morgan fingerprint density at radius 1 is 1.22 bits per heavy atom. The third-order valence-corrected chi connectivity index (χ3v) is 4.65. The lowest BCUT2D eigenvalue weighted by Crippen LogP contribution is -2.50. The topological polar surface area (TPSA) is 41.3 Å². The van der Waals surface area contributed by atoms with Crippen LogP contribution >= 0.6 is 0 Å². The van der Waals surface area contributed by atoms with Crippen molar-refractivity contribution in [2.75, 3.05) is 31.9 Å². The van der Waals surface area contributed by atoms with Gasteiger partial charge in [0.15, 0.2) is 0 Å². The minimum Gasteiger partial charge on any atom is -0.396 e. The van der Waals surface area contributed by atoms with Gasteiger partial charge < -0.3 is 11.1 Å². The minimum atomic E-state index is -0.269. The van der Waals surface area contributed by atoms with Gasteiger partial charge in [0.05, 0.1) is 5.69 Å². The first-order chi connectivity index (χ1) is 11.2. The van der Waals surface area contributed by atoms with Gasteiger partial charge in [0, 0.05) is 37.8 Å². The summed E-state index contributed by atoms with van der Waals surface area (Å²) in [5, 5.41) is 3.37. The second-order valence-electron chi connectivity index (χ2n) is 6.21. The molecule has 0 amide bonds. The van der Waals surface area contributed by atoms with Gasteiger partial charge in [-0.25, -0.2) is 4.39 Å². The predicted molar refractivity (Wildman–Crippen MR) is 93.9 cm³/mol. The molecule has 122 valence electrons. The quantitative estimate of drug-likeness (QED) is 0.853. The molecule has 2 aromatic carbocycles. The molecule has 0 spiro atoms. The van der Waals surface area contributed by atoms with Crippen LogP contribution in [-0.2, 0) is 6.42 Å². The van der Waals surface area contributed by atoms with Gasteiger partial charge >= 0.3 is 0 Å². The molecule has 0 bridgehead atoms. The summed E-state index contributed by atoms with van der Waals surface area (Å²) in [6, 6.07) is 14.0. The highest BCUT2D eigenvalue weighted by Crippen LogP contribution is 2.30. The van der Waals surface area contributed by atoms with Crippen molar-refractivity contribution in [1.82, 2.24) is 10.2 Å². The van der Waals surface area contributed by atoms with Crippen molar-refractivity contribution in [3.8, 4) is 11.1 Å². The second kappa shape index (κ2) is 7.11. The first kappa shape index (κ1) is 16.0. The van der Waals surface area contributed by atoms with E-state index in [0.29, 0.717) is 18.0 Å². The fourth-order valence-electron chi connectivity index (χ4n) is 3.18. The number of hydrogen-bond donors (Lipinski definition) is 2. The van der Waals surface area contributed by atoms with E-state index in [1.807, 2.05) is 42.5 Å².